The van der Waals surface area contributed by atoms with E-state index in [1.165, 1.54) is 33.5 Å². The zero-order chi connectivity index (χ0) is 29.9. The van der Waals surface area contributed by atoms with Crippen LogP contribution < -0.4 is 30.6 Å². The van der Waals surface area contributed by atoms with Crippen LogP contribution in [0.1, 0.15) is 38.8 Å². The second kappa shape index (κ2) is 14.1. The minimum atomic E-state index is -0.521. The van der Waals surface area contributed by atoms with Crippen molar-refractivity contribution < 1.29 is 23.8 Å². The lowest BCUT2D eigenvalue weighted by molar-refractivity contribution is 0.0974. The third-order valence-electron chi connectivity index (χ3n) is 6.04. The van der Waals surface area contributed by atoms with E-state index in [9.17, 15) is 9.59 Å². The SMILES string of the molecule is C=NC=CC(=CC)c1ccc(C(=O)Nc2cc(N=C(N)NC(=O)c3cc(OC)c(OC)c(OC)c3)ccc2C)cc1. The minimum absolute atomic E-state index is 0.138. The molecule has 0 fully saturated rings. The van der Waals surface area contributed by atoms with Crippen LogP contribution in [-0.4, -0.2) is 45.8 Å². The van der Waals surface area contributed by atoms with E-state index in [1.807, 2.05) is 38.1 Å². The van der Waals surface area contributed by atoms with Crippen molar-refractivity contribution >= 4 is 41.4 Å². The van der Waals surface area contributed by atoms with E-state index < -0.39 is 5.91 Å². The molecule has 0 unspecified atom stereocenters. The zero-order valence-corrected chi connectivity index (χ0v) is 23.6. The number of ether oxygens (including phenoxy) is 3. The van der Waals surface area contributed by atoms with Crippen LogP contribution in [0.2, 0.25) is 0 Å². The van der Waals surface area contributed by atoms with Gasteiger partial charge in [-0.1, -0.05) is 24.3 Å². The highest BCUT2D eigenvalue weighted by Gasteiger charge is 2.17. The predicted molar refractivity (Wildman–Crippen MR) is 163 cm³/mol. The molecule has 0 atom stereocenters. The summed E-state index contributed by atoms with van der Waals surface area (Å²) in [4.78, 5) is 33.8. The van der Waals surface area contributed by atoms with Gasteiger partial charge >= 0.3 is 0 Å². The van der Waals surface area contributed by atoms with Crippen LogP contribution in [0.15, 0.2) is 82.9 Å². The maximum Gasteiger partial charge on any atom is 0.258 e. The fourth-order valence-electron chi connectivity index (χ4n) is 3.88. The predicted octanol–water partition coefficient (Wildman–Crippen LogP) is 5.27. The van der Waals surface area contributed by atoms with Crippen molar-refractivity contribution in [1.82, 2.24) is 5.32 Å². The first-order valence-corrected chi connectivity index (χ1v) is 12.5. The van der Waals surface area contributed by atoms with Crippen LogP contribution in [0, 0.1) is 6.92 Å². The Labute approximate surface area is 239 Å². The summed E-state index contributed by atoms with van der Waals surface area (Å²) in [5.74, 6) is 0.0668. The maximum atomic E-state index is 13.0. The number of nitrogens with zero attached hydrogens (tertiary/aromatic N) is 2. The van der Waals surface area contributed by atoms with Gasteiger partial charge in [0.05, 0.1) is 27.0 Å². The Balaban J connectivity index is 1.76. The van der Waals surface area contributed by atoms with E-state index in [1.54, 1.807) is 36.5 Å². The van der Waals surface area contributed by atoms with E-state index in [4.69, 9.17) is 19.9 Å². The molecule has 0 aliphatic carbocycles. The van der Waals surface area contributed by atoms with Gasteiger partial charge < -0.3 is 25.3 Å². The number of rotatable bonds is 10. The number of nitrogens with one attached hydrogen (secondary N) is 2. The molecule has 3 aromatic rings. The number of methoxy groups -OCH3 is 3. The summed E-state index contributed by atoms with van der Waals surface area (Å²) in [7, 11) is 4.39. The standard InChI is InChI=1S/C31H33N5O5/c1-7-20(14-15-33-3)21-9-11-22(12-10-21)29(37)35-25-18-24(13-8-19(25)2)34-31(32)36-30(38)23-16-26(39-4)28(41-6)27(17-23)40-5/h7-18H,3H2,1-2,4-6H3,(H,35,37)(H3,32,34,36,38). The highest BCUT2D eigenvalue weighted by molar-refractivity contribution is 6.07. The van der Waals surface area contributed by atoms with Crippen molar-refractivity contribution in [1.29, 1.82) is 0 Å². The summed E-state index contributed by atoms with van der Waals surface area (Å²) in [5, 5.41) is 5.46. The summed E-state index contributed by atoms with van der Waals surface area (Å²) >= 11 is 0. The Morgan fingerprint density at radius 1 is 0.878 bits per heavy atom. The number of hydrogen-bond donors (Lipinski definition) is 3. The van der Waals surface area contributed by atoms with Crippen molar-refractivity contribution in [2.75, 3.05) is 26.6 Å². The molecule has 212 valence electrons. The zero-order valence-electron chi connectivity index (χ0n) is 23.6. The number of aryl methyl sites for hydroxylation is 1. The molecule has 0 bridgehead atoms. The summed E-state index contributed by atoms with van der Waals surface area (Å²) in [6.07, 6.45) is 5.40. The van der Waals surface area contributed by atoms with E-state index in [-0.39, 0.29) is 17.4 Å². The number of hydrogen-bond acceptors (Lipinski definition) is 7. The molecule has 4 N–H and O–H groups in total. The molecule has 0 saturated heterocycles. The Bertz CT molecular complexity index is 1500. The fraction of sp³-hybridized carbons (Fsp3) is 0.161. The molecule has 3 rings (SSSR count). The number of benzene rings is 3. The molecule has 10 nitrogen and oxygen atoms in total. The first kappa shape index (κ1) is 30.2. The smallest absolute Gasteiger partial charge is 0.258 e. The Hall–Kier alpha value is -5.38. The number of nitrogens with two attached hydrogens (primary N) is 1. The number of anilines is 1. The van der Waals surface area contributed by atoms with E-state index >= 15 is 0 Å². The Morgan fingerprint density at radius 3 is 2.07 bits per heavy atom. The third-order valence-corrected chi connectivity index (χ3v) is 6.04. The van der Waals surface area contributed by atoms with Crippen molar-refractivity contribution in [2.45, 2.75) is 13.8 Å². The van der Waals surface area contributed by atoms with Crippen molar-refractivity contribution in [3.05, 3.63) is 95.2 Å². The molecule has 0 aromatic heterocycles. The van der Waals surface area contributed by atoms with Gasteiger partial charge in [0.2, 0.25) is 11.7 Å². The number of carbonyl (C=O) groups is 2. The number of allylic oxidation sites excluding steroid dienone is 3. The van der Waals surface area contributed by atoms with Crippen molar-refractivity contribution in [3.63, 3.8) is 0 Å². The lowest BCUT2D eigenvalue weighted by atomic mass is 10.0. The Kier molecular flexibility index (Phi) is 10.4. The summed E-state index contributed by atoms with van der Waals surface area (Å²) in [6.45, 7) is 7.23. The van der Waals surface area contributed by atoms with Crippen molar-refractivity contribution in [3.8, 4) is 17.2 Å². The molecule has 0 radical (unpaired) electrons. The van der Waals surface area contributed by atoms with Gasteiger partial charge in [-0.15, -0.1) is 0 Å². The van der Waals surface area contributed by atoms with Gasteiger partial charge in [-0.25, -0.2) is 4.99 Å². The molecule has 0 heterocycles. The highest BCUT2D eigenvalue weighted by Crippen LogP contribution is 2.38. The van der Waals surface area contributed by atoms with Crippen LogP contribution in [0.4, 0.5) is 11.4 Å². The van der Waals surface area contributed by atoms with Crippen LogP contribution >= 0.6 is 0 Å². The van der Waals surface area contributed by atoms with Gasteiger partial charge in [0.15, 0.2) is 11.5 Å². The minimum Gasteiger partial charge on any atom is -0.493 e. The monoisotopic (exact) mass is 555 g/mol. The Morgan fingerprint density at radius 2 is 1.51 bits per heavy atom. The van der Waals surface area contributed by atoms with Gasteiger partial charge in [0.25, 0.3) is 11.8 Å². The van der Waals surface area contributed by atoms with E-state index in [0.29, 0.717) is 34.2 Å². The molecule has 3 aromatic carbocycles. The van der Waals surface area contributed by atoms with Gasteiger partial charge in [0, 0.05) is 23.0 Å². The highest BCUT2D eigenvalue weighted by atomic mass is 16.5. The summed E-state index contributed by atoms with van der Waals surface area (Å²) < 4.78 is 15.9. The van der Waals surface area contributed by atoms with Gasteiger partial charge in [-0.3, -0.25) is 19.9 Å². The first-order chi connectivity index (χ1) is 19.7. The second-order valence-corrected chi connectivity index (χ2v) is 8.64. The molecule has 0 spiro atoms. The van der Waals surface area contributed by atoms with Gasteiger partial charge in [-0.05, 0) is 79.7 Å². The van der Waals surface area contributed by atoms with Crippen LogP contribution in [0.3, 0.4) is 0 Å². The lowest BCUT2D eigenvalue weighted by Crippen LogP contribution is -2.36. The summed E-state index contributed by atoms with van der Waals surface area (Å²) in [5.41, 5.74) is 10.5. The average molecular weight is 556 g/mol. The molecule has 41 heavy (non-hydrogen) atoms. The summed E-state index contributed by atoms with van der Waals surface area (Å²) in [6, 6.07) is 15.4. The molecule has 0 aliphatic heterocycles. The van der Waals surface area contributed by atoms with Crippen LogP contribution in [0.5, 0.6) is 17.2 Å². The first-order valence-electron chi connectivity index (χ1n) is 12.5. The second-order valence-electron chi connectivity index (χ2n) is 8.64. The fourth-order valence-corrected chi connectivity index (χ4v) is 3.88. The van der Waals surface area contributed by atoms with Crippen LogP contribution in [-0.2, 0) is 0 Å². The third kappa shape index (κ3) is 7.60. The van der Waals surface area contributed by atoms with Crippen molar-refractivity contribution in [2.24, 2.45) is 15.7 Å². The lowest BCUT2D eigenvalue weighted by Gasteiger charge is -2.14. The number of carbonyl (C=O) groups excluding carboxylic acids is 2. The number of guanidine groups is 1. The topological polar surface area (TPSA) is 137 Å². The number of aliphatic imine (C=N–C) groups is 2. The largest absolute Gasteiger partial charge is 0.493 e. The van der Waals surface area contributed by atoms with Gasteiger partial charge in [-0.2, -0.15) is 0 Å². The average Bonchev–Trinajstić information content (AvgIpc) is 2.98. The molecule has 2 amide bonds. The number of amides is 2. The van der Waals surface area contributed by atoms with Gasteiger partial charge in [0.1, 0.15) is 0 Å². The van der Waals surface area contributed by atoms with Crippen LogP contribution in [0.25, 0.3) is 5.57 Å². The molecular formula is C31H33N5O5. The maximum absolute atomic E-state index is 13.0. The van der Waals surface area contributed by atoms with E-state index in [2.05, 4.69) is 27.3 Å². The molecule has 0 saturated carbocycles. The van der Waals surface area contributed by atoms with E-state index in [0.717, 1.165) is 16.7 Å². The molecular weight excluding hydrogens is 522 g/mol. The normalized spacial score (nSPS) is 11.6. The molecule has 10 heteroatoms. The molecule has 0 aliphatic rings. The quantitative estimate of drug-likeness (QED) is 0.177.